The Kier molecular flexibility index (Phi) is 4.43. The lowest BCUT2D eigenvalue weighted by atomic mass is 10.1. The molecule has 3 rings (SSSR count). The zero-order valence-electron chi connectivity index (χ0n) is 12.6. The quantitative estimate of drug-likeness (QED) is 0.943. The minimum absolute atomic E-state index is 0.0563. The van der Waals surface area contributed by atoms with Gasteiger partial charge in [-0.2, -0.15) is 0 Å². The predicted molar refractivity (Wildman–Crippen MR) is 88.0 cm³/mol. The second-order valence-electron chi connectivity index (χ2n) is 5.70. The number of benzene rings is 1. The zero-order chi connectivity index (χ0) is 15.5. The summed E-state index contributed by atoms with van der Waals surface area (Å²) >= 11 is 0. The van der Waals surface area contributed by atoms with Gasteiger partial charge in [-0.25, -0.2) is 0 Å². The summed E-state index contributed by atoms with van der Waals surface area (Å²) in [5, 5.41) is 0. The first-order valence-corrected chi connectivity index (χ1v) is 9.21. The molecule has 1 saturated heterocycles. The molecule has 0 aliphatic carbocycles. The third kappa shape index (κ3) is 3.14. The van der Waals surface area contributed by atoms with Crippen LogP contribution >= 0.6 is 0 Å². The number of carbonyl (C=O) groups excluding carboxylic acids is 1. The monoisotopic (exact) mass is 316 g/mol. The number of aromatic nitrogens is 1. The number of H-pyrrole nitrogens is 1. The highest BCUT2D eigenvalue weighted by molar-refractivity contribution is 7.83. The molecule has 0 saturated carbocycles. The molecule has 0 bridgehead atoms. The van der Waals surface area contributed by atoms with Crippen LogP contribution in [0.4, 0.5) is 0 Å². The second-order valence-corrected chi connectivity index (χ2v) is 7.14. The first-order valence-electron chi connectivity index (χ1n) is 7.48. The molecular weight excluding hydrogens is 296 g/mol. The van der Waals surface area contributed by atoms with Crippen molar-refractivity contribution in [3.8, 4) is 0 Å². The highest BCUT2D eigenvalue weighted by Crippen LogP contribution is 2.32. The maximum Gasteiger partial charge on any atom is 0.254 e. The Labute approximate surface area is 133 Å². The van der Waals surface area contributed by atoms with E-state index < -0.39 is 10.8 Å². The molecule has 2 atom stereocenters. The molecule has 1 N–H and O–H groups in total. The van der Waals surface area contributed by atoms with E-state index in [1.165, 1.54) is 0 Å². The van der Waals surface area contributed by atoms with Gasteiger partial charge in [-0.3, -0.25) is 9.00 Å². The fourth-order valence-electron chi connectivity index (χ4n) is 3.08. The number of rotatable bonds is 4. The molecule has 116 valence electrons. The van der Waals surface area contributed by atoms with Gasteiger partial charge in [-0.15, -0.1) is 0 Å². The van der Waals surface area contributed by atoms with Crippen molar-refractivity contribution in [1.82, 2.24) is 9.88 Å². The van der Waals surface area contributed by atoms with Crippen molar-refractivity contribution in [3.63, 3.8) is 0 Å². The summed E-state index contributed by atoms with van der Waals surface area (Å²) in [4.78, 5) is 18.0. The van der Waals surface area contributed by atoms with Crippen molar-refractivity contribution in [2.45, 2.75) is 24.6 Å². The van der Waals surface area contributed by atoms with Crippen LogP contribution in [0.2, 0.25) is 0 Å². The Morgan fingerprint density at radius 3 is 2.95 bits per heavy atom. The third-order valence-corrected chi connectivity index (χ3v) is 4.78. The molecule has 0 unspecified atom stereocenters. The number of nitrogens with one attached hydrogen (secondary N) is 1. The van der Waals surface area contributed by atoms with E-state index in [4.69, 9.17) is 0 Å². The summed E-state index contributed by atoms with van der Waals surface area (Å²) in [5.74, 6) is 0.544. The SMILES string of the molecule is C[S@@](=O)Cc1cccc(C(=O)N2CCC[C@H]2c2ccc[nH]2)c1. The molecule has 1 aromatic heterocycles. The molecule has 2 aromatic rings. The molecular formula is C17H20N2O2S. The standard InChI is InChI=1S/C17H20N2O2S/c1-22(21)12-13-5-2-6-14(11-13)17(20)19-10-4-8-16(19)15-7-3-9-18-15/h2-3,5-7,9,11,16,18H,4,8,10,12H2,1H3/t16-,22+/m0/s1. The van der Waals surface area contributed by atoms with Gasteiger partial charge in [0.1, 0.15) is 0 Å². The van der Waals surface area contributed by atoms with Crippen molar-refractivity contribution in [1.29, 1.82) is 0 Å². The Morgan fingerprint density at radius 1 is 1.36 bits per heavy atom. The molecule has 1 amide bonds. The van der Waals surface area contributed by atoms with Crippen LogP contribution in [0.5, 0.6) is 0 Å². The van der Waals surface area contributed by atoms with Crippen LogP contribution in [-0.4, -0.2) is 32.8 Å². The van der Waals surface area contributed by atoms with Gasteiger partial charge in [0.15, 0.2) is 0 Å². The second kappa shape index (κ2) is 6.48. The average Bonchev–Trinajstić information content (AvgIpc) is 3.16. The Hall–Kier alpha value is -1.88. The van der Waals surface area contributed by atoms with Crippen LogP contribution in [0, 0.1) is 0 Å². The number of amides is 1. The van der Waals surface area contributed by atoms with Crippen molar-refractivity contribution >= 4 is 16.7 Å². The lowest BCUT2D eigenvalue weighted by Crippen LogP contribution is -2.30. The van der Waals surface area contributed by atoms with Gasteiger partial charge in [-0.1, -0.05) is 12.1 Å². The van der Waals surface area contributed by atoms with Crippen molar-refractivity contribution in [2.24, 2.45) is 0 Å². The topological polar surface area (TPSA) is 53.2 Å². The Morgan fingerprint density at radius 2 is 2.23 bits per heavy atom. The maximum absolute atomic E-state index is 12.8. The van der Waals surface area contributed by atoms with E-state index in [2.05, 4.69) is 4.98 Å². The van der Waals surface area contributed by atoms with E-state index in [1.807, 2.05) is 47.5 Å². The van der Waals surface area contributed by atoms with E-state index in [0.717, 1.165) is 30.6 Å². The molecule has 2 heterocycles. The van der Waals surface area contributed by atoms with E-state index in [1.54, 1.807) is 6.26 Å². The highest BCUT2D eigenvalue weighted by Gasteiger charge is 2.31. The van der Waals surface area contributed by atoms with Gasteiger partial charge in [0.25, 0.3) is 5.91 Å². The molecule has 1 fully saturated rings. The first-order chi connectivity index (χ1) is 10.6. The minimum atomic E-state index is -0.901. The van der Waals surface area contributed by atoms with Crippen molar-refractivity contribution < 1.29 is 9.00 Å². The van der Waals surface area contributed by atoms with Crippen LogP contribution < -0.4 is 0 Å². The summed E-state index contributed by atoms with van der Waals surface area (Å²) in [6.07, 6.45) is 5.59. The van der Waals surface area contributed by atoms with Crippen LogP contribution in [0.1, 0.15) is 40.5 Å². The van der Waals surface area contributed by atoms with Crippen molar-refractivity contribution in [2.75, 3.05) is 12.8 Å². The number of likely N-dealkylation sites (tertiary alicyclic amines) is 1. The molecule has 0 spiro atoms. The zero-order valence-corrected chi connectivity index (χ0v) is 13.4. The van der Waals surface area contributed by atoms with E-state index in [-0.39, 0.29) is 11.9 Å². The van der Waals surface area contributed by atoms with Crippen LogP contribution in [0.3, 0.4) is 0 Å². The van der Waals surface area contributed by atoms with E-state index in [0.29, 0.717) is 11.3 Å². The molecule has 1 aliphatic rings. The normalized spacial score (nSPS) is 19.3. The van der Waals surface area contributed by atoms with Gasteiger partial charge >= 0.3 is 0 Å². The van der Waals surface area contributed by atoms with Crippen LogP contribution in [0.15, 0.2) is 42.6 Å². The largest absolute Gasteiger partial charge is 0.363 e. The number of hydrogen-bond donors (Lipinski definition) is 1. The molecule has 22 heavy (non-hydrogen) atoms. The molecule has 0 radical (unpaired) electrons. The third-order valence-electron chi connectivity index (χ3n) is 4.04. The summed E-state index contributed by atoms with van der Waals surface area (Å²) in [7, 11) is -0.901. The Balaban J connectivity index is 1.82. The van der Waals surface area contributed by atoms with E-state index in [9.17, 15) is 9.00 Å². The van der Waals surface area contributed by atoms with Crippen LogP contribution in [0.25, 0.3) is 0 Å². The molecule has 5 heteroatoms. The lowest BCUT2D eigenvalue weighted by molar-refractivity contribution is 0.0733. The van der Waals surface area contributed by atoms with Crippen molar-refractivity contribution in [3.05, 3.63) is 59.4 Å². The molecule has 1 aliphatic heterocycles. The highest BCUT2D eigenvalue weighted by atomic mass is 32.2. The van der Waals surface area contributed by atoms with Gasteiger partial charge in [0.2, 0.25) is 0 Å². The fourth-order valence-corrected chi connectivity index (χ4v) is 3.73. The minimum Gasteiger partial charge on any atom is -0.363 e. The van der Waals surface area contributed by atoms with Gasteiger partial charge in [0, 0.05) is 46.8 Å². The van der Waals surface area contributed by atoms with E-state index >= 15 is 0 Å². The number of carbonyl (C=O) groups is 1. The smallest absolute Gasteiger partial charge is 0.254 e. The average molecular weight is 316 g/mol. The molecule has 1 aromatic carbocycles. The summed E-state index contributed by atoms with van der Waals surface area (Å²) in [6.45, 7) is 0.784. The molecule has 4 nitrogen and oxygen atoms in total. The summed E-state index contributed by atoms with van der Waals surface area (Å²) in [6, 6.07) is 11.6. The van der Waals surface area contributed by atoms with Gasteiger partial charge in [0.05, 0.1) is 6.04 Å². The predicted octanol–water partition coefficient (Wildman–Crippen LogP) is 2.87. The first kappa shape index (κ1) is 15.0. The maximum atomic E-state index is 12.8. The number of hydrogen-bond acceptors (Lipinski definition) is 2. The fraction of sp³-hybridized carbons (Fsp3) is 0.353. The number of nitrogens with zero attached hydrogens (tertiary/aromatic N) is 1. The van der Waals surface area contributed by atoms with Gasteiger partial charge < -0.3 is 9.88 Å². The summed E-state index contributed by atoms with van der Waals surface area (Å²) < 4.78 is 11.4. The number of aromatic amines is 1. The summed E-state index contributed by atoms with van der Waals surface area (Å²) in [5.41, 5.74) is 2.72. The lowest BCUT2D eigenvalue weighted by Gasteiger charge is -2.24. The van der Waals surface area contributed by atoms with Gasteiger partial charge in [-0.05, 0) is 42.7 Å². The van der Waals surface area contributed by atoms with Crippen LogP contribution in [-0.2, 0) is 16.6 Å². The Bertz CT molecular complexity index is 682.